The van der Waals surface area contributed by atoms with E-state index in [9.17, 15) is 0 Å². The Labute approximate surface area is 140 Å². The highest BCUT2D eigenvalue weighted by Crippen LogP contribution is 2.35. The standard InChI is InChI=1S/C19H30N4/c1-14(2)18-7-19(21-13-20-18)23-11-16-9-22(10-17(16)12-23)8-15-5-3-4-6-15/h7,13-17H,3-6,8-12H2,1-2H3. The predicted octanol–water partition coefficient (Wildman–Crippen LogP) is 3.16. The minimum absolute atomic E-state index is 0.473. The summed E-state index contributed by atoms with van der Waals surface area (Å²) in [7, 11) is 0. The van der Waals surface area contributed by atoms with E-state index in [0.717, 1.165) is 29.3 Å². The molecule has 4 heteroatoms. The van der Waals surface area contributed by atoms with Gasteiger partial charge in [-0.2, -0.15) is 0 Å². The first kappa shape index (κ1) is 15.4. The Bertz CT molecular complexity index is 524. The van der Waals surface area contributed by atoms with Crippen LogP contribution in [0.3, 0.4) is 0 Å². The Balaban J connectivity index is 1.35. The van der Waals surface area contributed by atoms with Crippen molar-refractivity contribution in [2.75, 3.05) is 37.6 Å². The first-order valence-electron chi connectivity index (χ1n) is 9.48. The van der Waals surface area contributed by atoms with E-state index in [1.807, 2.05) is 0 Å². The van der Waals surface area contributed by atoms with Crippen LogP contribution in [0.15, 0.2) is 12.4 Å². The van der Waals surface area contributed by atoms with Gasteiger partial charge in [0.2, 0.25) is 0 Å². The van der Waals surface area contributed by atoms with E-state index in [4.69, 9.17) is 0 Å². The maximum atomic E-state index is 4.53. The van der Waals surface area contributed by atoms with Gasteiger partial charge in [-0.05, 0) is 36.5 Å². The highest BCUT2D eigenvalue weighted by atomic mass is 15.3. The van der Waals surface area contributed by atoms with Crippen LogP contribution in [0.2, 0.25) is 0 Å². The predicted molar refractivity (Wildman–Crippen MR) is 93.7 cm³/mol. The minimum atomic E-state index is 0.473. The molecular formula is C19H30N4. The van der Waals surface area contributed by atoms with Crippen LogP contribution in [0.4, 0.5) is 5.82 Å². The van der Waals surface area contributed by atoms with Gasteiger partial charge < -0.3 is 9.80 Å². The van der Waals surface area contributed by atoms with Crippen LogP contribution in [0.5, 0.6) is 0 Å². The van der Waals surface area contributed by atoms with Crippen LogP contribution in [0, 0.1) is 17.8 Å². The van der Waals surface area contributed by atoms with E-state index in [1.165, 1.54) is 58.4 Å². The largest absolute Gasteiger partial charge is 0.356 e. The molecule has 0 spiro atoms. The van der Waals surface area contributed by atoms with E-state index in [-0.39, 0.29) is 0 Å². The van der Waals surface area contributed by atoms with E-state index in [1.54, 1.807) is 6.33 Å². The number of aromatic nitrogens is 2. The fourth-order valence-corrected chi connectivity index (χ4v) is 4.83. The van der Waals surface area contributed by atoms with Gasteiger partial charge in [-0.1, -0.05) is 26.7 Å². The lowest BCUT2D eigenvalue weighted by Gasteiger charge is -2.24. The van der Waals surface area contributed by atoms with Crippen molar-refractivity contribution in [2.45, 2.75) is 45.4 Å². The lowest BCUT2D eigenvalue weighted by molar-refractivity contribution is 0.264. The quantitative estimate of drug-likeness (QED) is 0.854. The molecule has 126 valence electrons. The third kappa shape index (κ3) is 3.23. The summed E-state index contributed by atoms with van der Waals surface area (Å²) in [4.78, 5) is 14.2. The molecule has 2 saturated heterocycles. The molecule has 3 aliphatic rings. The summed E-state index contributed by atoms with van der Waals surface area (Å²) in [5.74, 6) is 4.28. The number of hydrogen-bond donors (Lipinski definition) is 0. The number of fused-ring (bicyclic) bond motifs is 1. The normalized spacial score (nSPS) is 28.9. The average Bonchev–Trinajstić information content (AvgIpc) is 3.24. The molecule has 1 saturated carbocycles. The summed E-state index contributed by atoms with van der Waals surface area (Å²) in [6, 6.07) is 2.20. The van der Waals surface area contributed by atoms with Gasteiger partial charge in [0.05, 0.1) is 0 Å². The smallest absolute Gasteiger partial charge is 0.132 e. The first-order valence-corrected chi connectivity index (χ1v) is 9.48. The molecule has 2 aliphatic heterocycles. The maximum absolute atomic E-state index is 4.53. The molecule has 1 aromatic heterocycles. The van der Waals surface area contributed by atoms with E-state index < -0.39 is 0 Å². The number of rotatable bonds is 4. The zero-order chi connectivity index (χ0) is 15.8. The fraction of sp³-hybridized carbons (Fsp3) is 0.789. The molecule has 2 atom stereocenters. The van der Waals surface area contributed by atoms with E-state index in [0.29, 0.717) is 5.92 Å². The molecule has 4 nitrogen and oxygen atoms in total. The van der Waals surface area contributed by atoms with Gasteiger partial charge in [0, 0.05) is 44.5 Å². The zero-order valence-electron chi connectivity index (χ0n) is 14.6. The van der Waals surface area contributed by atoms with Gasteiger partial charge in [-0.3, -0.25) is 0 Å². The third-order valence-corrected chi connectivity index (χ3v) is 6.14. The molecule has 0 aromatic carbocycles. The number of anilines is 1. The minimum Gasteiger partial charge on any atom is -0.356 e. The molecule has 23 heavy (non-hydrogen) atoms. The highest BCUT2D eigenvalue weighted by Gasteiger charge is 2.40. The van der Waals surface area contributed by atoms with E-state index >= 15 is 0 Å². The zero-order valence-corrected chi connectivity index (χ0v) is 14.6. The van der Waals surface area contributed by atoms with Crippen molar-refractivity contribution in [3.8, 4) is 0 Å². The van der Waals surface area contributed by atoms with Gasteiger partial charge in [-0.25, -0.2) is 9.97 Å². The summed E-state index contributed by atoms with van der Waals surface area (Å²) < 4.78 is 0. The molecule has 4 rings (SSSR count). The van der Waals surface area contributed by atoms with Gasteiger partial charge >= 0.3 is 0 Å². The van der Waals surface area contributed by atoms with Crippen molar-refractivity contribution in [3.05, 3.63) is 18.1 Å². The van der Waals surface area contributed by atoms with Crippen molar-refractivity contribution in [1.82, 2.24) is 14.9 Å². The lowest BCUT2D eigenvalue weighted by Crippen LogP contribution is -2.32. The van der Waals surface area contributed by atoms with E-state index in [2.05, 4.69) is 39.7 Å². The second-order valence-corrected chi connectivity index (χ2v) is 8.25. The third-order valence-electron chi connectivity index (χ3n) is 6.14. The molecule has 3 heterocycles. The molecule has 1 aromatic rings. The molecule has 2 unspecified atom stereocenters. The Morgan fingerprint density at radius 2 is 1.74 bits per heavy atom. The average molecular weight is 314 g/mol. The van der Waals surface area contributed by atoms with Crippen LogP contribution >= 0.6 is 0 Å². The van der Waals surface area contributed by atoms with Crippen LogP contribution in [-0.2, 0) is 0 Å². The number of hydrogen-bond acceptors (Lipinski definition) is 4. The monoisotopic (exact) mass is 314 g/mol. The Hall–Kier alpha value is -1.16. The number of nitrogens with zero attached hydrogens (tertiary/aromatic N) is 4. The van der Waals surface area contributed by atoms with Crippen molar-refractivity contribution >= 4 is 5.82 Å². The Kier molecular flexibility index (Phi) is 4.27. The van der Waals surface area contributed by atoms with Gasteiger partial charge in [0.15, 0.2) is 0 Å². The van der Waals surface area contributed by atoms with Gasteiger partial charge in [0.25, 0.3) is 0 Å². The summed E-state index contributed by atoms with van der Waals surface area (Å²) in [5, 5.41) is 0. The van der Waals surface area contributed by atoms with Crippen LogP contribution < -0.4 is 4.90 Å². The van der Waals surface area contributed by atoms with Gasteiger partial charge in [0.1, 0.15) is 12.1 Å². The van der Waals surface area contributed by atoms with Crippen LogP contribution in [0.1, 0.15) is 51.1 Å². The van der Waals surface area contributed by atoms with Crippen LogP contribution in [-0.4, -0.2) is 47.6 Å². The summed E-state index contributed by atoms with van der Waals surface area (Å²) in [6.45, 7) is 10.7. The Morgan fingerprint density at radius 1 is 1.04 bits per heavy atom. The summed E-state index contributed by atoms with van der Waals surface area (Å²) >= 11 is 0. The maximum Gasteiger partial charge on any atom is 0.132 e. The summed E-state index contributed by atoms with van der Waals surface area (Å²) in [5.41, 5.74) is 1.16. The lowest BCUT2D eigenvalue weighted by atomic mass is 10.0. The SMILES string of the molecule is CC(C)c1cc(N2CC3CN(CC4CCCC4)CC3C2)ncn1. The molecule has 0 bridgehead atoms. The molecule has 1 aliphatic carbocycles. The van der Waals surface area contributed by atoms with Gasteiger partial charge in [-0.15, -0.1) is 0 Å². The second kappa shape index (κ2) is 6.39. The van der Waals surface area contributed by atoms with Crippen molar-refractivity contribution in [2.24, 2.45) is 17.8 Å². The topological polar surface area (TPSA) is 32.3 Å². The molecule has 3 fully saturated rings. The summed E-state index contributed by atoms with van der Waals surface area (Å²) in [6.07, 6.45) is 7.61. The molecular weight excluding hydrogens is 284 g/mol. The number of likely N-dealkylation sites (tertiary alicyclic amines) is 1. The first-order chi connectivity index (χ1) is 11.2. The molecule has 0 N–H and O–H groups in total. The molecule has 0 radical (unpaired) electrons. The van der Waals surface area contributed by atoms with Crippen molar-refractivity contribution in [3.63, 3.8) is 0 Å². The van der Waals surface area contributed by atoms with Crippen molar-refractivity contribution < 1.29 is 0 Å². The Morgan fingerprint density at radius 3 is 2.39 bits per heavy atom. The van der Waals surface area contributed by atoms with Crippen LogP contribution in [0.25, 0.3) is 0 Å². The van der Waals surface area contributed by atoms with Crippen molar-refractivity contribution in [1.29, 1.82) is 0 Å². The highest BCUT2D eigenvalue weighted by molar-refractivity contribution is 5.41. The second-order valence-electron chi connectivity index (χ2n) is 8.25. The molecule has 0 amide bonds. The fourth-order valence-electron chi connectivity index (χ4n) is 4.83.